The Morgan fingerprint density at radius 3 is 2.28 bits per heavy atom. The third-order valence-corrected chi connectivity index (χ3v) is 3.89. The first-order valence-electron chi connectivity index (χ1n) is 8.74. The Morgan fingerprint density at radius 1 is 1.07 bits per heavy atom. The first kappa shape index (κ1) is 22.1. The lowest BCUT2D eigenvalue weighted by Gasteiger charge is -2.24. The molecule has 2 rings (SSSR count). The largest absolute Gasteiger partial charge is 0.344 e. The summed E-state index contributed by atoms with van der Waals surface area (Å²) in [7, 11) is 1.33. The van der Waals surface area contributed by atoms with Crippen LogP contribution in [0.1, 0.15) is 12.5 Å². The van der Waals surface area contributed by atoms with Crippen LogP contribution in [0.2, 0.25) is 0 Å². The zero-order valence-electron chi connectivity index (χ0n) is 15.9. The molecule has 0 spiro atoms. The number of anilines is 1. The topological polar surface area (TPSA) is 87.7 Å². The highest BCUT2D eigenvalue weighted by atomic mass is 19.1. The van der Waals surface area contributed by atoms with Crippen LogP contribution in [0, 0.1) is 11.6 Å². The van der Waals surface area contributed by atoms with Crippen LogP contribution in [0.4, 0.5) is 14.5 Å². The van der Waals surface area contributed by atoms with Crippen LogP contribution < -0.4 is 15.7 Å². The smallest absolute Gasteiger partial charge is 0.256 e. The summed E-state index contributed by atoms with van der Waals surface area (Å²) in [5, 5.41) is 2.45. The van der Waals surface area contributed by atoms with Gasteiger partial charge in [-0.15, -0.1) is 0 Å². The summed E-state index contributed by atoms with van der Waals surface area (Å²) in [6.07, 6.45) is -0.323. The monoisotopic (exact) mass is 405 g/mol. The molecular formula is C20H21F2N3O4. The Hall–Kier alpha value is -3.17. The molecule has 2 aromatic carbocycles. The molecular weight excluding hydrogens is 384 g/mol. The average Bonchev–Trinajstić information content (AvgIpc) is 2.66. The van der Waals surface area contributed by atoms with Gasteiger partial charge in [0.15, 0.2) is 0 Å². The van der Waals surface area contributed by atoms with Crippen molar-refractivity contribution in [3.63, 3.8) is 0 Å². The number of imide groups is 1. The van der Waals surface area contributed by atoms with Crippen LogP contribution in [0.5, 0.6) is 0 Å². The van der Waals surface area contributed by atoms with Crippen molar-refractivity contribution in [2.24, 2.45) is 0 Å². The number of halogens is 2. The minimum absolute atomic E-state index is 0.125. The van der Waals surface area contributed by atoms with Crippen LogP contribution >= 0.6 is 0 Å². The number of nitrogens with one attached hydrogen (secondary N) is 2. The molecule has 2 N–H and O–H groups in total. The standard InChI is InChI=1S/C20H21F2N3O4/c1-13(24-18(26)10-14-8-15(21)11-16(22)9-14)20(28)25(19(27)12-23-29-2)17-6-4-3-5-7-17/h3-9,11,13,23H,10,12H2,1-2H3,(H,24,26)/t13-/m0/s1. The maximum atomic E-state index is 13.3. The summed E-state index contributed by atoms with van der Waals surface area (Å²) in [6, 6.07) is 9.91. The van der Waals surface area contributed by atoms with E-state index in [0.29, 0.717) is 11.8 Å². The number of hydrogen-bond acceptors (Lipinski definition) is 5. The van der Waals surface area contributed by atoms with Crippen molar-refractivity contribution >= 4 is 23.4 Å². The number of nitrogens with zero attached hydrogens (tertiary/aromatic N) is 1. The normalized spacial score (nSPS) is 11.6. The van der Waals surface area contributed by atoms with E-state index in [2.05, 4.69) is 15.6 Å². The van der Waals surface area contributed by atoms with Crippen molar-refractivity contribution in [2.45, 2.75) is 19.4 Å². The Labute approximate surface area is 166 Å². The third kappa shape index (κ3) is 6.44. The first-order valence-corrected chi connectivity index (χ1v) is 8.74. The van der Waals surface area contributed by atoms with Crippen molar-refractivity contribution in [1.29, 1.82) is 0 Å². The second-order valence-corrected chi connectivity index (χ2v) is 6.17. The fourth-order valence-electron chi connectivity index (χ4n) is 2.63. The van der Waals surface area contributed by atoms with Gasteiger partial charge in [-0.25, -0.2) is 13.7 Å². The van der Waals surface area contributed by atoms with Gasteiger partial charge in [-0.05, 0) is 36.8 Å². The van der Waals surface area contributed by atoms with E-state index in [0.717, 1.165) is 17.0 Å². The molecule has 0 radical (unpaired) electrons. The third-order valence-electron chi connectivity index (χ3n) is 3.89. The Balaban J connectivity index is 2.11. The quantitative estimate of drug-likeness (QED) is 0.653. The van der Waals surface area contributed by atoms with E-state index in [9.17, 15) is 23.2 Å². The molecule has 7 nitrogen and oxygen atoms in total. The lowest BCUT2D eigenvalue weighted by molar-refractivity contribution is -0.131. The summed E-state index contributed by atoms with van der Waals surface area (Å²) in [5.41, 5.74) is 2.83. The molecule has 0 aliphatic heterocycles. The van der Waals surface area contributed by atoms with Crippen LogP contribution in [-0.4, -0.2) is 37.4 Å². The van der Waals surface area contributed by atoms with Crippen molar-refractivity contribution in [3.8, 4) is 0 Å². The van der Waals surface area contributed by atoms with Gasteiger partial charge in [0.25, 0.3) is 5.91 Å². The highest BCUT2D eigenvalue weighted by molar-refractivity contribution is 6.17. The summed E-state index contributed by atoms with van der Waals surface area (Å²) in [4.78, 5) is 43.1. The molecule has 0 saturated carbocycles. The molecule has 0 saturated heterocycles. The predicted octanol–water partition coefficient (Wildman–Crippen LogP) is 1.72. The minimum Gasteiger partial charge on any atom is -0.344 e. The molecule has 0 heterocycles. The number of carbonyl (C=O) groups excluding carboxylic acids is 3. The SMILES string of the molecule is CONCC(=O)N(C(=O)[C@H](C)NC(=O)Cc1cc(F)cc(F)c1)c1ccccc1. The molecule has 0 aliphatic rings. The summed E-state index contributed by atoms with van der Waals surface area (Å²) < 4.78 is 26.5. The average molecular weight is 405 g/mol. The van der Waals surface area contributed by atoms with E-state index < -0.39 is 35.4 Å². The molecule has 29 heavy (non-hydrogen) atoms. The fraction of sp³-hybridized carbons (Fsp3) is 0.250. The molecule has 0 bridgehead atoms. The maximum Gasteiger partial charge on any atom is 0.256 e. The molecule has 2 aromatic rings. The van der Waals surface area contributed by atoms with E-state index in [1.54, 1.807) is 30.3 Å². The van der Waals surface area contributed by atoms with Gasteiger partial charge in [0, 0.05) is 6.07 Å². The van der Waals surface area contributed by atoms with Gasteiger partial charge in [0.2, 0.25) is 11.8 Å². The summed E-state index contributed by atoms with van der Waals surface area (Å²) >= 11 is 0. The maximum absolute atomic E-state index is 13.3. The highest BCUT2D eigenvalue weighted by Crippen LogP contribution is 2.15. The second kappa shape index (κ2) is 10.4. The van der Waals surface area contributed by atoms with Crippen LogP contribution in [-0.2, 0) is 25.6 Å². The molecule has 0 unspecified atom stereocenters. The van der Waals surface area contributed by atoms with Gasteiger partial charge >= 0.3 is 0 Å². The zero-order chi connectivity index (χ0) is 21.4. The fourth-order valence-corrected chi connectivity index (χ4v) is 2.63. The van der Waals surface area contributed by atoms with E-state index in [1.807, 2.05) is 0 Å². The molecule has 154 valence electrons. The second-order valence-electron chi connectivity index (χ2n) is 6.17. The summed E-state index contributed by atoms with van der Waals surface area (Å²) in [6.45, 7) is 1.15. The molecule has 0 fully saturated rings. The number of hydrogen-bond donors (Lipinski definition) is 2. The van der Waals surface area contributed by atoms with Crippen molar-refractivity contribution in [3.05, 3.63) is 65.7 Å². The zero-order valence-corrected chi connectivity index (χ0v) is 15.9. The lowest BCUT2D eigenvalue weighted by Crippen LogP contribution is -2.51. The number of hydroxylamine groups is 1. The van der Waals surface area contributed by atoms with Crippen LogP contribution in [0.25, 0.3) is 0 Å². The summed E-state index contributed by atoms with van der Waals surface area (Å²) in [5.74, 6) is -3.48. The molecule has 0 aromatic heterocycles. The van der Waals surface area contributed by atoms with Gasteiger partial charge in [0.1, 0.15) is 24.2 Å². The predicted molar refractivity (Wildman–Crippen MR) is 102 cm³/mol. The Bertz CT molecular complexity index is 857. The van der Waals surface area contributed by atoms with Crippen LogP contribution in [0.3, 0.4) is 0 Å². The minimum atomic E-state index is -1.06. The Kier molecular flexibility index (Phi) is 7.93. The van der Waals surface area contributed by atoms with Crippen molar-refractivity contribution < 1.29 is 28.0 Å². The van der Waals surface area contributed by atoms with E-state index in [4.69, 9.17) is 0 Å². The molecule has 1 atom stereocenters. The van der Waals surface area contributed by atoms with Gasteiger partial charge in [-0.1, -0.05) is 18.2 Å². The van der Waals surface area contributed by atoms with Crippen LogP contribution in [0.15, 0.2) is 48.5 Å². The Morgan fingerprint density at radius 2 is 1.69 bits per heavy atom. The van der Waals surface area contributed by atoms with Gasteiger partial charge in [-0.2, -0.15) is 5.48 Å². The van der Waals surface area contributed by atoms with Gasteiger partial charge < -0.3 is 10.2 Å². The van der Waals surface area contributed by atoms with E-state index in [1.165, 1.54) is 14.0 Å². The number of rotatable bonds is 8. The number of amides is 3. The molecule has 0 aliphatic carbocycles. The van der Waals surface area contributed by atoms with Gasteiger partial charge in [-0.3, -0.25) is 14.4 Å². The molecule has 3 amide bonds. The highest BCUT2D eigenvalue weighted by Gasteiger charge is 2.28. The first-order chi connectivity index (χ1) is 13.8. The number of benzene rings is 2. The molecule has 9 heteroatoms. The van der Waals surface area contributed by atoms with E-state index in [-0.39, 0.29) is 18.5 Å². The number of para-hydroxylation sites is 1. The van der Waals surface area contributed by atoms with E-state index >= 15 is 0 Å². The lowest BCUT2D eigenvalue weighted by atomic mass is 10.1. The van der Waals surface area contributed by atoms with Crippen molar-refractivity contribution in [1.82, 2.24) is 10.8 Å². The van der Waals surface area contributed by atoms with Gasteiger partial charge in [0.05, 0.1) is 19.2 Å². The number of carbonyl (C=O) groups is 3. The van der Waals surface area contributed by atoms with Crippen molar-refractivity contribution in [2.75, 3.05) is 18.6 Å².